The van der Waals surface area contributed by atoms with E-state index in [1.165, 1.54) is 11.3 Å². The zero-order chi connectivity index (χ0) is 16.1. The molecular formula is C16H14N6S. The quantitative estimate of drug-likeness (QED) is 0.777. The number of aromatic nitrogens is 4. The van der Waals surface area contributed by atoms with E-state index in [0.29, 0.717) is 18.2 Å². The van der Waals surface area contributed by atoms with Crippen molar-refractivity contribution in [2.24, 2.45) is 0 Å². The SMILES string of the molecule is Cc1csc(C(C#N)c2ccnc(NCc3cccnc3)n2)n1. The summed E-state index contributed by atoms with van der Waals surface area (Å²) in [6, 6.07) is 7.87. The normalized spacial score (nSPS) is 11.7. The highest BCUT2D eigenvalue weighted by molar-refractivity contribution is 7.09. The molecule has 0 aliphatic rings. The van der Waals surface area contributed by atoms with E-state index >= 15 is 0 Å². The fourth-order valence-corrected chi connectivity index (χ4v) is 2.91. The number of nitrogens with zero attached hydrogens (tertiary/aromatic N) is 5. The van der Waals surface area contributed by atoms with E-state index in [9.17, 15) is 5.26 Å². The average Bonchev–Trinajstić information content (AvgIpc) is 3.01. The van der Waals surface area contributed by atoms with E-state index < -0.39 is 5.92 Å². The molecule has 3 rings (SSSR count). The Morgan fingerprint density at radius 3 is 2.91 bits per heavy atom. The molecule has 0 bridgehead atoms. The molecular weight excluding hydrogens is 308 g/mol. The van der Waals surface area contributed by atoms with Crippen LogP contribution in [0.25, 0.3) is 0 Å². The van der Waals surface area contributed by atoms with Crippen LogP contribution in [0.15, 0.2) is 42.2 Å². The van der Waals surface area contributed by atoms with Crippen LogP contribution < -0.4 is 5.32 Å². The van der Waals surface area contributed by atoms with Gasteiger partial charge in [-0.25, -0.2) is 15.0 Å². The Morgan fingerprint density at radius 2 is 2.22 bits per heavy atom. The highest BCUT2D eigenvalue weighted by Gasteiger charge is 2.19. The summed E-state index contributed by atoms with van der Waals surface area (Å²) in [6.45, 7) is 2.49. The van der Waals surface area contributed by atoms with Crippen molar-refractivity contribution in [3.8, 4) is 6.07 Å². The van der Waals surface area contributed by atoms with E-state index in [4.69, 9.17) is 0 Å². The Bertz CT molecular complexity index is 824. The van der Waals surface area contributed by atoms with Crippen molar-refractivity contribution in [1.82, 2.24) is 19.9 Å². The minimum Gasteiger partial charge on any atom is -0.350 e. The van der Waals surface area contributed by atoms with Crippen LogP contribution in [0, 0.1) is 18.3 Å². The number of nitriles is 1. The van der Waals surface area contributed by atoms with E-state index in [0.717, 1.165) is 16.3 Å². The van der Waals surface area contributed by atoms with Crippen LogP contribution >= 0.6 is 11.3 Å². The number of nitrogens with one attached hydrogen (secondary N) is 1. The lowest BCUT2D eigenvalue weighted by Gasteiger charge is -2.08. The van der Waals surface area contributed by atoms with Crippen LogP contribution in [0.2, 0.25) is 0 Å². The van der Waals surface area contributed by atoms with E-state index in [1.807, 2.05) is 24.4 Å². The van der Waals surface area contributed by atoms with Crippen LogP contribution in [0.5, 0.6) is 0 Å². The van der Waals surface area contributed by atoms with E-state index in [1.54, 1.807) is 24.7 Å². The third-order valence-corrected chi connectivity index (χ3v) is 4.19. The summed E-state index contributed by atoms with van der Waals surface area (Å²) in [7, 11) is 0. The number of aryl methyl sites for hydroxylation is 1. The molecule has 0 saturated carbocycles. The summed E-state index contributed by atoms with van der Waals surface area (Å²) in [5.74, 6) is 0.00974. The van der Waals surface area contributed by atoms with Crippen molar-refractivity contribution in [1.29, 1.82) is 5.26 Å². The van der Waals surface area contributed by atoms with Crippen LogP contribution in [0.1, 0.15) is 27.9 Å². The first-order chi connectivity index (χ1) is 11.3. The third-order valence-electron chi connectivity index (χ3n) is 3.16. The maximum atomic E-state index is 9.47. The molecule has 7 heteroatoms. The van der Waals surface area contributed by atoms with Gasteiger partial charge in [-0.15, -0.1) is 11.3 Å². The van der Waals surface area contributed by atoms with Gasteiger partial charge in [-0.1, -0.05) is 6.07 Å². The van der Waals surface area contributed by atoms with Gasteiger partial charge >= 0.3 is 0 Å². The zero-order valence-electron chi connectivity index (χ0n) is 12.5. The molecule has 0 amide bonds. The molecule has 114 valence electrons. The van der Waals surface area contributed by atoms with Gasteiger partial charge in [0.25, 0.3) is 0 Å². The second kappa shape index (κ2) is 6.94. The van der Waals surface area contributed by atoms with Gasteiger partial charge in [0.1, 0.15) is 10.9 Å². The first kappa shape index (κ1) is 15.1. The molecule has 1 unspecified atom stereocenters. The molecule has 0 aliphatic heterocycles. The van der Waals surface area contributed by atoms with Gasteiger partial charge in [0.05, 0.1) is 11.8 Å². The molecule has 6 nitrogen and oxygen atoms in total. The largest absolute Gasteiger partial charge is 0.350 e. The molecule has 23 heavy (non-hydrogen) atoms. The van der Waals surface area contributed by atoms with Gasteiger partial charge in [-0.3, -0.25) is 4.98 Å². The van der Waals surface area contributed by atoms with Gasteiger partial charge in [0, 0.05) is 36.2 Å². The van der Waals surface area contributed by atoms with Crippen molar-refractivity contribution in [2.45, 2.75) is 19.4 Å². The minimum atomic E-state index is -0.476. The lowest BCUT2D eigenvalue weighted by atomic mass is 10.1. The Morgan fingerprint density at radius 1 is 1.30 bits per heavy atom. The number of thiazole rings is 1. The number of rotatable bonds is 5. The van der Waals surface area contributed by atoms with Gasteiger partial charge in [-0.2, -0.15) is 5.26 Å². The second-order valence-electron chi connectivity index (χ2n) is 4.91. The standard InChI is InChI=1S/C16H14N6S/c1-11-10-23-15(21-11)13(7-17)14-4-6-19-16(22-14)20-9-12-3-2-5-18-8-12/h2-6,8,10,13H,9H2,1H3,(H,19,20,22). The van der Waals surface area contributed by atoms with Crippen LogP contribution in [0.3, 0.4) is 0 Å². The number of hydrogen-bond acceptors (Lipinski definition) is 7. The maximum Gasteiger partial charge on any atom is 0.223 e. The highest BCUT2D eigenvalue weighted by Crippen LogP contribution is 2.25. The van der Waals surface area contributed by atoms with E-state index in [2.05, 4.69) is 31.3 Å². The topological polar surface area (TPSA) is 87.4 Å². The summed E-state index contributed by atoms with van der Waals surface area (Å²) in [6.07, 6.45) is 5.17. The molecule has 0 fully saturated rings. The minimum absolute atomic E-state index is 0.476. The van der Waals surface area contributed by atoms with Gasteiger partial charge in [-0.05, 0) is 24.6 Å². The summed E-state index contributed by atoms with van der Waals surface area (Å²) in [5.41, 5.74) is 2.59. The summed E-state index contributed by atoms with van der Waals surface area (Å²) in [5, 5.41) is 15.3. The molecule has 0 aliphatic carbocycles. The Kier molecular flexibility index (Phi) is 4.54. The van der Waals surface area contributed by atoms with Crippen molar-refractivity contribution >= 4 is 17.3 Å². The van der Waals surface area contributed by atoms with E-state index in [-0.39, 0.29) is 0 Å². The molecule has 1 atom stereocenters. The van der Waals surface area contributed by atoms with Crippen LogP contribution in [-0.2, 0) is 6.54 Å². The van der Waals surface area contributed by atoms with Gasteiger partial charge in [0.15, 0.2) is 0 Å². The van der Waals surface area contributed by atoms with Gasteiger partial charge < -0.3 is 5.32 Å². The Balaban J connectivity index is 1.77. The predicted molar refractivity (Wildman–Crippen MR) is 87.9 cm³/mol. The van der Waals surface area contributed by atoms with Crippen LogP contribution in [0.4, 0.5) is 5.95 Å². The van der Waals surface area contributed by atoms with Crippen LogP contribution in [-0.4, -0.2) is 19.9 Å². The first-order valence-electron chi connectivity index (χ1n) is 7.03. The highest BCUT2D eigenvalue weighted by atomic mass is 32.1. The third kappa shape index (κ3) is 3.67. The lowest BCUT2D eigenvalue weighted by molar-refractivity contribution is 0.916. The monoisotopic (exact) mass is 322 g/mol. The smallest absolute Gasteiger partial charge is 0.223 e. The maximum absolute atomic E-state index is 9.47. The Hall–Kier alpha value is -2.85. The summed E-state index contributed by atoms with van der Waals surface area (Å²) < 4.78 is 0. The number of pyridine rings is 1. The first-order valence-corrected chi connectivity index (χ1v) is 7.91. The molecule has 3 aromatic rings. The number of hydrogen-bond donors (Lipinski definition) is 1. The fourth-order valence-electron chi connectivity index (χ4n) is 2.06. The van der Waals surface area contributed by atoms with Crippen molar-refractivity contribution in [3.05, 3.63) is 64.1 Å². The zero-order valence-corrected chi connectivity index (χ0v) is 13.3. The predicted octanol–water partition coefficient (Wildman–Crippen LogP) is 2.90. The van der Waals surface area contributed by atoms with Crippen molar-refractivity contribution in [2.75, 3.05) is 5.32 Å². The summed E-state index contributed by atoms with van der Waals surface area (Å²) >= 11 is 1.47. The number of anilines is 1. The Labute approximate surface area is 137 Å². The molecule has 0 saturated heterocycles. The van der Waals surface area contributed by atoms with Crippen molar-refractivity contribution < 1.29 is 0 Å². The van der Waals surface area contributed by atoms with Crippen molar-refractivity contribution in [3.63, 3.8) is 0 Å². The molecule has 1 N–H and O–H groups in total. The molecule has 0 aromatic carbocycles. The summed E-state index contributed by atoms with van der Waals surface area (Å²) in [4.78, 5) is 17.1. The second-order valence-corrected chi connectivity index (χ2v) is 5.80. The molecule has 3 aromatic heterocycles. The molecule has 0 radical (unpaired) electrons. The van der Waals surface area contributed by atoms with Gasteiger partial charge in [0.2, 0.25) is 5.95 Å². The average molecular weight is 322 g/mol. The lowest BCUT2D eigenvalue weighted by Crippen LogP contribution is -2.07. The fraction of sp³-hybridized carbons (Fsp3) is 0.188. The molecule has 0 spiro atoms. The molecule has 3 heterocycles.